The highest BCUT2D eigenvalue weighted by Crippen LogP contribution is 2.48. The van der Waals surface area contributed by atoms with Crippen molar-refractivity contribution < 1.29 is 0 Å². The largest absolute Gasteiger partial charge is 0.309 e. The van der Waals surface area contributed by atoms with E-state index in [1.165, 1.54) is 93.2 Å². The van der Waals surface area contributed by atoms with E-state index in [2.05, 4.69) is 156 Å². The smallest absolute Gasteiger partial charge is 0.0547 e. The van der Waals surface area contributed by atoms with Crippen LogP contribution in [0.5, 0.6) is 0 Å². The Kier molecular flexibility index (Phi) is 4.51. The molecule has 9 aromatic rings. The molecule has 0 amide bonds. The van der Waals surface area contributed by atoms with Gasteiger partial charge >= 0.3 is 0 Å². The molecule has 0 N–H and O–H groups in total. The predicted octanol–water partition coefficient (Wildman–Crippen LogP) is 11.6. The average molecular weight is 544 g/mol. The zero-order chi connectivity index (χ0) is 28.1. The van der Waals surface area contributed by atoms with Crippen LogP contribution in [0.1, 0.15) is 0 Å². The quantitative estimate of drug-likeness (QED) is 0.204. The molecular weight excluding hydrogens is 518 g/mol. The molecule has 10 rings (SSSR count). The maximum atomic E-state index is 2.42. The van der Waals surface area contributed by atoms with E-state index in [-0.39, 0.29) is 0 Å². The van der Waals surface area contributed by atoms with Crippen LogP contribution < -0.4 is 0 Å². The van der Waals surface area contributed by atoms with Crippen molar-refractivity contribution in [3.8, 4) is 39.1 Å². The molecule has 0 unspecified atom stereocenters. The SMILES string of the molecule is c1ccc2c(c1)-c1cccc3cc(-c4ccc5cc(-n6c7ccccc7c7cc8ccccc8cc76)ccc5c4)cc-2c13. The van der Waals surface area contributed by atoms with Crippen LogP contribution in [0.25, 0.3) is 93.2 Å². The van der Waals surface area contributed by atoms with Crippen LogP contribution in [0.15, 0.2) is 152 Å². The Hall–Kier alpha value is -5.66. The fraction of sp³-hybridized carbons (Fsp3) is 0. The van der Waals surface area contributed by atoms with Gasteiger partial charge in [-0.1, -0.05) is 103 Å². The lowest BCUT2D eigenvalue weighted by molar-refractivity contribution is 1.19. The molecule has 0 saturated heterocycles. The van der Waals surface area contributed by atoms with Gasteiger partial charge in [-0.15, -0.1) is 0 Å². The van der Waals surface area contributed by atoms with Crippen molar-refractivity contribution in [2.45, 2.75) is 0 Å². The van der Waals surface area contributed by atoms with Gasteiger partial charge in [0.05, 0.1) is 11.0 Å². The second-order valence-corrected chi connectivity index (χ2v) is 11.8. The number of hydrogen-bond donors (Lipinski definition) is 0. The third-order valence-electron chi connectivity index (χ3n) is 9.44. The summed E-state index contributed by atoms with van der Waals surface area (Å²) in [6, 6.07) is 56.1. The highest BCUT2D eigenvalue weighted by atomic mass is 15.0. The number of hydrogen-bond acceptors (Lipinski definition) is 0. The number of rotatable bonds is 2. The lowest BCUT2D eigenvalue weighted by atomic mass is 9.95. The molecule has 8 aromatic carbocycles. The van der Waals surface area contributed by atoms with E-state index in [4.69, 9.17) is 0 Å². The van der Waals surface area contributed by atoms with E-state index in [0.29, 0.717) is 0 Å². The van der Waals surface area contributed by atoms with Crippen molar-refractivity contribution in [1.29, 1.82) is 0 Å². The van der Waals surface area contributed by atoms with Gasteiger partial charge in [0.25, 0.3) is 0 Å². The Morgan fingerprint density at radius 1 is 0.326 bits per heavy atom. The number of nitrogens with zero attached hydrogens (tertiary/aromatic N) is 1. The monoisotopic (exact) mass is 543 g/mol. The minimum Gasteiger partial charge on any atom is -0.309 e. The molecule has 0 aliphatic heterocycles. The molecule has 1 aliphatic carbocycles. The minimum absolute atomic E-state index is 1.18. The number of para-hydroxylation sites is 1. The van der Waals surface area contributed by atoms with E-state index in [1.807, 2.05) is 0 Å². The summed E-state index contributed by atoms with van der Waals surface area (Å²) in [6.45, 7) is 0. The van der Waals surface area contributed by atoms with Crippen LogP contribution in [-0.2, 0) is 0 Å². The minimum atomic E-state index is 1.18. The van der Waals surface area contributed by atoms with Crippen molar-refractivity contribution in [3.63, 3.8) is 0 Å². The number of benzene rings is 8. The molecular formula is C42H25N. The summed E-state index contributed by atoms with van der Waals surface area (Å²) in [4.78, 5) is 0. The first-order valence-electron chi connectivity index (χ1n) is 14.9. The Labute approximate surface area is 248 Å². The third-order valence-corrected chi connectivity index (χ3v) is 9.44. The summed E-state index contributed by atoms with van der Waals surface area (Å²) >= 11 is 0. The highest BCUT2D eigenvalue weighted by molar-refractivity contribution is 6.17. The average Bonchev–Trinajstić information content (AvgIpc) is 3.56. The molecule has 0 spiro atoms. The van der Waals surface area contributed by atoms with Gasteiger partial charge in [-0.05, 0) is 114 Å². The maximum Gasteiger partial charge on any atom is 0.0547 e. The second kappa shape index (κ2) is 8.44. The molecule has 0 atom stereocenters. The van der Waals surface area contributed by atoms with Gasteiger partial charge in [-0.3, -0.25) is 0 Å². The zero-order valence-corrected chi connectivity index (χ0v) is 23.4. The fourth-order valence-electron chi connectivity index (χ4n) is 7.47. The van der Waals surface area contributed by atoms with Crippen molar-refractivity contribution in [2.75, 3.05) is 0 Å². The standard InChI is InChI=1S/C42H25N/c1-2-9-27-25-41-38(23-26(27)8-1)36-13-5-6-15-40(36)43(41)33-19-18-28-20-29(16-17-30(28)22-33)32-21-31-10-7-14-37-34-11-3-4-12-35(34)39(24-32)42(31)37/h1-25H. The molecule has 1 heteroatoms. The van der Waals surface area contributed by atoms with Crippen molar-refractivity contribution >= 4 is 54.1 Å². The Morgan fingerprint density at radius 3 is 1.88 bits per heavy atom. The van der Waals surface area contributed by atoms with E-state index in [1.54, 1.807) is 0 Å². The van der Waals surface area contributed by atoms with Crippen LogP contribution in [-0.4, -0.2) is 4.57 Å². The van der Waals surface area contributed by atoms with Crippen LogP contribution >= 0.6 is 0 Å². The highest BCUT2D eigenvalue weighted by Gasteiger charge is 2.21. The molecule has 0 saturated carbocycles. The van der Waals surface area contributed by atoms with Crippen LogP contribution in [0, 0.1) is 0 Å². The van der Waals surface area contributed by atoms with Crippen LogP contribution in [0.3, 0.4) is 0 Å². The lowest BCUT2D eigenvalue weighted by Crippen LogP contribution is -1.94. The molecule has 1 aromatic heterocycles. The van der Waals surface area contributed by atoms with Crippen LogP contribution in [0.4, 0.5) is 0 Å². The Bertz CT molecular complexity index is 2620. The number of aromatic nitrogens is 1. The summed E-state index contributed by atoms with van der Waals surface area (Å²) < 4.78 is 2.42. The topological polar surface area (TPSA) is 4.93 Å². The second-order valence-electron chi connectivity index (χ2n) is 11.8. The van der Waals surface area contributed by atoms with E-state index < -0.39 is 0 Å². The molecule has 0 bridgehead atoms. The molecule has 0 radical (unpaired) electrons. The van der Waals surface area contributed by atoms with E-state index in [9.17, 15) is 0 Å². The summed E-state index contributed by atoms with van der Waals surface area (Å²) in [7, 11) is 0. The van der Waals surface area contributed by atoms with Gasteiger partial charge < -0.3 is 4.57 Å². The normalized spacial score (nSPS) is 12.2. The third kappa shape index (κ3) is 3.22. The number of fused-ring (bicyclic) bond motifs is 8. The lowest BCUT2D eigenvalue weighted by Gasteiger charge is -2.12. The van der Waals surface area contributed by atoms with E-state index in [0.717, 1.165) is 0 Å². The fourth-order valence-corrected chi connectivity index (χ4v) is 7.47. The molecule has 1 heterocycles. The first-order chi connectivity index (χ1) is 21.3. The zero-order valence-electron chi connectivity index (χ0n) is 23.4. The Morgan fingerprint density at radius 2 is 0.977 bits per heavy atom. The summed E-state index contributed by atoms with van der Waals surface area (Å²) in [5.74, 6) is 0. The predicted molar refractivity (Wildman–Crippen MR) is 183 cm³/mol. The summed E-state index contributed by atoms with van der Waals surface area (Å²) in [5.41, 5.74) is 11.5. The van der Waals surface area contributed by atoms with Crippen LogP contribution in [0.2, 0.25) is 0 Å². The van der Waals surface area contributed by atoms with Gasteiger partial charge in [0.15, 0.2) is 0 Å². The van der Waals surface area contributed by atoms with E-state index >= 15 is 0 Å². The van der Waals surface area contributed by atoms with Gasteiger partial charge in [-0.25, -0.2) is 0 Å². The summed E-state index contributed by atoms with van der Waals surface area (Å²) in [5, 5.41) is 10.3. The molecule has 198 valence electrons. The molecule has 43 heavy (non-hydrogen) atoms. The van der Waals surface area contributed by atoms with Gasteiger partial charge in [0, 0.05) is 16.5 Å². The summed E-state index contributed by atoms with van der Waals surface area (Å²) in [6.07, 6.45) is 0. The Balaban J connectivity index is 1.14. The van der Waals surface area contributed by atoms with Crippen molar-refractivity contribution in [3.05, 3.63) is 152 Å². The van der Waals surface area contributed by atoms with Gasteiger partial charge in [0.1, 0.15) is 0 Å². The van der Waals surface area contributed by atoms with Crippen molar-refractivity contribution in [1.82, 2.24) is 4.57 Å². The first-order valence-corrected chi connectivity index (χ1v) is 14.9. The van der Waals surface area contributed by atoms with Crippen molar-refractivity contribution in [2.24, 2.45) is 0 Å². The maximum absolute atomic E-state index is 2.42. The van der Waals surface area contributed by atoms with Gasteiger partial charge in [-0.2, -0.15) is 0 Å². The molecule has 0 fully saturated rings. The molecule has 1 nitrogen and oxygen atoms in total. The molecule has 1 aliphatic rings. The van der Waals surface area contributed by atoms with Gasteiger partial charge in [0.2, 0.25) is 0 Å². The first kappa shape index (κ1) is 23.0.